The molecule has 1 N–H and O–H groups in total. The van der Waals surface area contributed by atoms with E-state index in [1.165, 1.54) is 16.4 Å². The minimum atomic E-state index is -3.80. The van der Waals surface area contributed by atoms with E-state index in [0.717, 1.165) is 0 Å². The molecule has 0 bridgehead atoms. The number of hydrogen-bond acceptors (Lipinski definition) is 5. The highest BCUT2D eigenvalue weighted by Crippen LogP contribution is 2.31. The van der Waals surface area contributed by atoms with Crippen LogP contribution in [0.25, 0.3) is 0 Å². The van der Waals surface area contributed by atoms with Gasteiger partial charge in [-0.3, -0.25) is 4.31 Å². The van der Waals surface area contributed by atoms with E-state index in [4.69, 9.17) is 27.9 Å². The van der Waals surface area contributed by atoms with Gasteiger partial charge in [-0.2, -0.15) is 0 Å². The van der Waals surface area contributed by atoms with E-state index < -0.39 is 10.0 Å². The van der Waals surface area contributed by atoms with Crippen molar-refractivity contribution in [1.29, 1.82) is 0 Å². The van der Waals surface area contributed by atoms with Gasteiger partial charge >= 0.3 is 0 Å². The molecule has 3 rings (SSSR count). The maximum atomic E-state index is 13.6. The first-order valence-corrected chi connectivity index (χ1v) is 12.6. The van der Waals surface area contributed by atoms with Crippen LogP contribution in [0.5, 0.6) is 5.75 Å². The normalized spacial score (nSPS) is 11.4. The third-order valence-corrected chi connectivity index (χ3v) is 7.16. The van der Waals surface area contributed by atoms with Crippen molar-refractivity contribution in [3.8, 4) is 5.75 Å². The number of sulfonamides is 1. The molecule has 0 radical (unpaired) electrons. The molecule has 0 heterocycles. The molecule has 0 spiro atoms. The van der Waals surface area contributed by atoms with Gasteiger partial charge in [-0.15, -0.1) is 0 Å². The lowest BCUT2D eigenvalue weighted by molar-refractivity contribution is 0.333. The summed E-state index contributed by atoms with van der Waals surface area (Å²) in [6, 6.07) is 20.7. The maximum absolute atomic E-state index is 13.6. The zero-order valence-corrected chi connectivity index (χ0v) is 20.9. The first-order chi connectivity index (χ1) is 15.8. The highest BCUT2D eigenvalue weighted by atomic mass is 35.5. The molecule has 0 fully saturated rings. The van der Waals surface area contributed by atoms with Crippen molar-refractivity contribution in [2.75, 3.05) is 50.0 Å². The van der Waals surface area contributed by atoms with E-state index in [1.54, 1.807) is 42.5 Å². The molecule has 0 unspecified atom stereocenters. The van der Waals surface area contributed by atoms with Gasteiger partial charge in [-0.05, 0) is 74.8 Å². The zero-order chi connectivity index (χ0) is 23.8. The van der Waals surface area contributed by atoms with Crippen LogP contribution in [0, 0.1) is 0 Å². The molecule has 0 atom stereocenters. The molecule has 0 aromatic heterocycles. The van der Waals surface area contributed by atoms with Gasteiger partial charge in [-0.25, -0.2) is 8.42 Å². The lowest BCUT2D eigenvalue weighted by atomic mass is 10.2. The summed E-state index contributed by atoms with van der Waals surface area (Å²) in [4.78, 5) is 2.13. The second-order valence-corrected chi connectivity index (χ2v) is 10.3. The molecule has 0 saturated heterocycles. The Hall–Kier alpha value is -2.45. The second kappa shape index (κ2) is 11.6. The van der Waals surface area contributed by atoms with Crippen LogP contribution in [0.4, 0.5) is 11.4 Å². The number of nitrogens with zero attached hydrogens (tertiary/aromatic N) is 2. The van der Waals surface area contributed by atoms with Crippen molar-refractivity contribution >= 4 is 44.6 Å². The predicted molar refractivity (Wildman–Crippen MR) is 136 cm³/mol. The highest BCUT2D eigenvalue weighted by molar-refractivity contribution is 7.92. The van der Waals surface area contributed by atoms with Gasteiger partial charge in [0.05, 0.1) is 16.3 Å². The standard InChI is InChI=1S/C24H27Cl2N3O3S/c1-28(2)16-17-29(33(30,31)22-13-9-20(26)10-14-22)24-6-4-3-5-23(24)27-15-18-32-21-11-7-19(25)8-12-21/h3-14,27H,15-18H2,1-2H3. The highest BCUT2D eigenvalue weighted by Gasteiger charge is 2.26. The van der Waals surface area contributed by atoms with Crippen LogP contribution >= 0.6 is 23.2 Å². The van der Waals surface area contributed by atoms with Crippen molar-refractivity contribution in [1.82, 2.24) is 4.90 Å². The van der Waals surface area contributed by atoms with E-state index in [2.05, 4.69) is 5.32 Å². The predicted octanol–water partition coefficient (Wildman–Crippen LogP) is 5.24. The van der Waals surface area contributed by atoms with Gasteiger partial charge in [-0.1, -0.05) is 35.3 Å². The van der Waals surface area contributed by atoms with Crippen molar-refractivity contribution in [3.63, 3.8) is 0 Å². The minimum absolute atomic E-state index is 0.187. The van der Waals surface area contributed by atoms with Gasteiger partial charge in [0.25, 0.3) is 10.0 Å². The van der Waals surface area contributed by atoms with Crippen LogP contribution in [0.15, 0.2) is 77.7 Å². The van der Waals surface area contributed by atoms with Crippen molar-refractivity contribution in [2.24, 2.45) is 0 Å². The minimum Gasteiger partial charge on any atom is -0.492 e. The summed E-state index contributed by atoms with van der Waals surface area (Å²) < 4.78 is 34.3. The smallest absolute Gasteiger partial charge is 0.264 e. The monoisotopic (exact) mass is 507 g/mol. The summed E-state index contributed by atoms with van der Waals surface area (Å²) in [5.74, 6) is 0.715. The van der Waals surface area contributed by atoms with Crippen LogP contribution in [0.2, 0.25) is 10.0 Å². The van der Waals surface area contributed by atoms with Crippen LogP contribution in [-0.2, 0) is 10.0 Å². The van der Waals surface area contributed by atoms with Crippen molar-refractivity contribution in [2.45, 2.75) is 4.90 Å². The first-order valence-electron chi connectivity index (χ1n) is 10.4. The average Bonchev–Trinajstić information content (AvgIpc) is 2.79. The Morgan fingerprint density at radius 3 is 2.09 bits per heavy atom. The zero-order valence-electron chi connectivity index (χ0n) is 18.5. The van der Waals surface area contributed by atoms with E-state index in [-0.39, 0.29) is 11.4 Å². The summed E-state index contributed by atoms with van der Waals surface area (Å²) >= 11 is 11.9. The van der Waals surface area contributed by atoms with E-state index in [1.807, 2.05) is 37.2 Å². The second-order valence-electron chi connectivity index (χ2n) is 7.58. The van der Waals surface area contributed by atoms with E-state index >= 15 is 0 Å². The Morgan fingerprint density at radius 2 is 1.45 bits per heavy atom. The molecule has 33 heavy (non-hydrogen) atoms. The molecule has 0 amide bonds. The largest absolute Gasteiger partial charge is 0.492 e. The summed E-state index contributed by atoms with van der Waals surface area (Å²) in [5.41, 5.74) is 1.27. The maximum Gasteiger partial charge on any atom is 0.264 e. The fraction of sp³-hybridized carbons (Fsp3) is 0.250. The summed E-state index contributed by atoms with van der Waals surface area (Å²) in [7, 11) is 0.0137. The van der Waals surface area contributed by atoms with Crippen LogP contribution < -0.4 is 14.4 Å². The molecule has 0 aliphatic heterocycles. The van der Waals surface area contributed by atoms with E-state index in [9.17, 15) is 8.42 Å². The van der Waals surface area contributed by atoms with Gasteiger partial charge < -0.3 is 15.0 Å². The van der Waals surface area contributed by atoms with Gasteiger partial charge in [0, 0.05) is 29.7 Å². The van der Waals surface area contributed by atoms with Crippen molar-refractivity contribution < 1.29 is 13.2 Å². The Balaban J connectivity index is 1.80. The Morgan fingerprint density at radius 1 is 0.848 bits per heavy atom. The molecular formula is C24H27Cl2N3O3S. The molecular weight excluding hydrogens is 481 g/mol. The molecule has 3 aromatic carbocycles. The number of likely N-dealkylation sites (N-methyl/N-ethyl adjacent to an activating group) is 1. The van der Waals surface area contributed by atoms with Crippen LogP contribution in [0.1, 0.15) is 0 Å². The van der Waals surface area contributed by atoms with Crippen LogP contribution in [0.3, 0.4) is 0 Å². The van der Waals surface area contributed by atoms with Crippen molar-refractivity contribution in [3.05, 3.63) is 82.8 Å². The topological polar surface area (TPSA) is 61.9 Å². The fourth-order valence-corrected chi connectivity index (χ4v) is 4.85. The molecule has 0 aliphatic rings. The first kappa shape index (κ1) is 25.2. The van der Waals surface area contributed by atoms with Gasteiger partial charge in [0.2, 0.25) is 0 Å². The average molecular weight is 508 g/mol. The SMILES string of the molecule is CN(C)CCN(c1ccccc1NCCOc1ccc(Cl)cc1)S(=O)(=O)c1ccc(Cl)cc1. The number of anilines is 2. The number of ether oxygens (including phenoxy) is 1. The Labute approximate surface area is 205 Å². The summed E-state index contributed by atoms with van der Waals surface area (Å²) in [6.07, 6.45) is 0. The van der Waals surface area contributed by atoms with Crippen LogP contribution in [-0.4, -0.2) is 53.7 Å². The Kier molecular flexibility index (Phi) is 8.86. The summed E-state index contributed by atoms with van der Waals surface area (Å²) in [5, 5.41) is 4.43. The quantitative estimate of drug-likeness (QED) is 0.359. The lowest BCUT2D eigenvalue weighted by Crippen LogP contribution is -2.37. The number of halogens is 2. The molecule has 0 saturated carbocycles. The van der Waals surface area contributed by atoms with Gasteiger partial charge in [0.1, 0.15) is 12.4 Å². The number of benzene rings is 3. The number of nitrogens with one attached hydrogen (secondary N) is 1. The number of rotatable bonds is 11. The molecule has 176 valence electrons. The number of para-hydroxylation sites is 2. The Bertz CT molecular complexity index is 1140. The lowest BCUT2D eigenvalue weighted by Gasteiger charge is -2.28. The molecule has 9 heteroatoms. The third kappa shape index (κ3) is 7.01. The fourth-order valence-electron chi connectivity index (χ4n) is 3.12. The molecule has 3 aromatic rings. The molecule has 0 aliphatic carbocycles. The van der Waals surface area contributed by atoms with Gasteiger partial charge in [0.15, 0.2) is 0 Å². The number of hydrogen-bond donors (Lipinski definition) is 1. The summed E-state index contributed by atoms with van der Waals surface area (Å²) in [6.45, 7) is 1.73. The van der Waals surface area contributed by atoms with E-state index in [0.29, 0.717) is 46.9 Å². The third-order valence-electron chi connectivity index (χ3n) is 4.82. The molecule has 6 nitrogen and oxygen atoms in total.